The van der Waals surface area contributed by atoms with Crippen molar-refractivity contribution in [1.29, 1.82) is 0 Å². The van der Waals surface area contributed by atoms with Gasteiger partial charge in [-0.2, -0.15) is 0 Å². The molecule has 178 valence electrons. The van der Waals surface area contributed by atoms with Gasteiger partial charge in [0.2, 0.25) is 0 Å². The van der Waals surface area contributed by atoms with Gasteiger partial charge in [-0.15, -0.1) is 0 Å². The molecule has 5 heteroatoms. The van der Waals surface area contributed by atoms with Crippen LogP contribution in [0.15, 0.2) is 59.4 Å². The van der Waals surface area contributed by atoms with E-state index in [1.807, 2.05) is 12.3 Å². The van der Waals surface area contributed by atoms with Gasteiger partial charge >= 0.3 is 5.97 Å². The Hall–Kier alpha value is -2.53. The zero-order valence-electron chi connectivity index (χ0n) is 20.0. The van der Waals surface area contributed by atoms with Crippen molar-refractivity contribution in [2.24, 2.45) is 22.7 Å². The van der Waals surface area contributed by atoms with E-state index in [1.54, 1.807) is 37.6 Å². The molecule has 0 spiro atoms. The molecular formula is C28H36O5. The summed E-state index contributed by atoms with van der Waals surface area (Å²) in [4.78, 5) is 12.8. The van der Waals surface area contributed by atoms with Crippen molar-refractivity contribution in [1.82, 2.24) is 0 Å². The number of hydrogen-bond acceptors (Lipinski definition) is 5. The molecule has 2 aromatic rings. The Bertz CT molecular complexity index is 963. The Balaban J connectivity index is 1.50. The summed E-state index contributed by atoms with van der Waals surface area (Å²) in [6.07, 6.45) is 8.59. The predicted octanol–water partition coefficient (Wildman–Crippen LogP) is 5.83. The Morgan fingerprint density at radius 3 is 2.64 bits per heavy atom. The third-order valence-electron chi connectivity index (χ3n) is 8.49. The van der Waals surface area contributed by atoms with Crippen LogP contribution in [0.4, 0.5) is 0 Å². The van der Waals surface area contributed by atoms with Crippen molar-refractivity contribution >= 4 is 5.97 Å². The molecule has 5 nitrogen and oxygen atoms in total. The molecule has 2 aliphatic carbocycles. The summed E-state index contributed by atoms with van der Waals surface area (Å²) in [7, 11) is 1.59. The van der Waals surface area contributed by atoms with Gasteiger partial charge in [0.15, 0.2) is 0 Å². The van der Waals surface area contributed by atoms with E-state index in [0.29, 0.717) is 23.7 Å². The number of aliphatic hydroxyl groups excluding tert-OH is 1. The first kappa shape index (κ1) is 23.6. The van der Waals surface area contributed by atoms with Crippen molar-refractivity contribution in [3.05, 3.63) is 66.1 Å². The summed E-state index contributed by atoms with van der Waals surface area (Å²) < 4.78 is 16.2. The molecule has 2 saturated carbocycles. The number of carbonyl (C=O) groups is 1. The van der Waals surface area contributed by atoms with Gasteiger partial charge in [0, 0.05) is 5.41 Å². The van der Waals surface area contributed by atoms with Gasteiger partial charge in [-0.3, -0.25) is 0 Å². The fraction of sp³-hybridized carbons (Fsp3) is 0.536. The van der Waals surface area contributed by atoms with Crippen LogP contribution in [0.5, 0.6) is 5.75 Å². The molecule has 0 bridgehead atoms. The number of allylic oxidation sites excluding steroid dienone is 1. The van der Waals surface area contributed by atoms with Crippen LogP contribution in [0.3, 0.4) is 0 Å². The molecule has 1 heterocycles. The molecule has 1 aromatic carbocycles. The second-order valence-electron chi connectivity index (χ2n) is 10.3. The van der Waals surface area contributed by atoms with Crippen LogP contribution in [0.1, 0.15) is 61.9 Å². The van der Waals surface area contributed by atoms with E-state index in [0.717, 1.165) is 32.1 Å². The number of hydrogen-bond donors (Lipinski definition) is 1. The van der Waals surface area contributed by atoms with Gasteiger partial charge in [0.1, 0.15) is 5.75 Å². The molecule has 0 saturated heterocycles. The molecule has 0 unspecified atom stereocenters. The minimum absolute atomic E-state index is 0.0135. The lowest BCUT2D eigenvalue weighted by atomic mass is 9.46. The van der Waals surface area contributed by atoms with Crippen LogP contribution in [-0.4, -0.2) is 30.9 Å². The third kappa shape index (κ3) is 4.48. The molecule has 2 fully saturated rings. The Morgan fingerprint density at radius 1 is 1.21 bits per heavy atom. The van der Waals surface area contributed by atoms with Crippen molar-refractivity contribution in [3.8, 4) is 5.75 Å². The minimum atomic E-state index is -0.500. The first-order valence-electron chi connectivity index (χ1n) is 12.0. The van der Waals surface area contributed by atoms with E-state index in [-0.39, 0.29) is 23.9 Å². The quantitative estimate of drug-likeness (QED) is 0.423. The van der Waals surface area contributed by atoms with Crippen LogP contribution in [0.25, 0.3) is 0 Å². The maximum absolute atomic E-state index is 12.8. The van der Waals surface area contributed by atoms with Gasteiger partial charge in [0.05, 0.1) is 37.9 Å². The molecule has 0 radical (unpaired) electrons. The van der Waals surface area contributed by atoms with Crippen molar-refractivity contribution < 1.29 is 23.8 Å². The van der Waals surface area contributed by atoms with E-state index >= 15 is 0 Å². The van der Waals surface area contributed by atoms with Crippen molar-refractivity contribution in [2.75, 3.05) is 13.7 Å². The number of furan rings is 1. The number of benzene rings is 1. The lowest BCUT2D eigenvalue weighted by Gasteiger charge is -2.60. The zero-order chi connectivity index (χ0) is 23.6. The molecule has 33 heavy (non-hydrogen) atoms. The Kier molecular flexibility index (Phi) is 6.71. The van der Waals surface area contributed by atoms with Crippen molar-refractivity contribution in [3.63, 3.8) is 0 Å². The van der Waals surface area contributed by atoms with E-state index in [2.05, 4.69) is 20.4 Å². The molecule has 4 rings (SSSR count). The number of esters is 1. The number of ether oxygens (including phenoxy) is 2. The maximum Gasteiger partial charge on any atom is 0.338 e. The number of aliphatic hydroxyl groups is 1. The molecule has 0 amide bonds. The van der Waals surface area contributed by atoms with Gasteiger partial charge in [-0.05, 0) is 91.7 Å². The van der Waals surface area contributed by atoms with E-state index in [9.17, 15) is 9.90 Å². The summed E-state index contributed by atoms with van der Waals surface area (Å²) in [6, 6.07) is 8.95. The highest BCUT2D eigenvalue weighted by molar-refractivity contribution is 5.89. The van der Waals surface area contributed by atoms with Crippen molar-refractivity contribution in [2.45, 2.75) is 58.5 Å². The summed E-state index contributed by atoms with van der Waals surface area (Å²) in [5.74, 6) is 0.948. The molecule has 1 aromatic heterocycles. The Labute approximate surface area is 196 Å². The average Bonchev–Trinajstić information content (AvgIpc) is 3.33. The zero-order valence-corrected chi connectivity index (χ0v) is 20.0. The van der Waals surface area contributed by atoms with Gasteiger partial charge in [-0.1, -0.05) is 26.0 Å². The van der Waals surface area contributed by atoms with Gasteiger partial charge < -0.3 is 19.0 Å². The highest BCUT2D eigenvalue weighted by Crippen LogP contribution is 2.62. The highest BCUT2D eigenvalue weighted by Gasteiger charge is 2.58. The second-order valence-corrected chi connectivity index (χ2v) is 10.3. The van der Waals surface area contributed by atoms with Crippen LogP contribution in [-0.2, 0) is 11.2 Å². The fourth-order valence-electron chi connectivity index (χ4n) is 6.49. The standard InChI is InChI=1S/C28H36O5/c1-19-5-12-24-27(2,23(19)11-6-20-14-16-32-17-20)15-13-25(29)28(24,3)18-33-26(30)21-7-9-22(31-4)10-8-21/h7-10,14,16-17,23-25,29H,1,5-6,11-13,15,18H2,2-4H3/t23-,24+,25-,27+,28+/m1/s1. The molecule has 1 N–H and O–H groups in total. The monoisotopic (exact) mass is 452 g/mol. The summed E-state index contributed by atoms with van der Waals surface area (Å²) >= 11 is 0. The molecular weight excluding hydrogens is 416 g/mol. The number of aryl methyl sites for hydroxylation is 1. The lowest BCUT2D eigenvalue weighted by Crippen LogP contribution is -2.57. The summed E-state index contributed by atoms with van der Waals surface area (Å²) in [5.41, 5.74) is 2.53. The average molecular weight is 453 g/mol. The smallest absolute Gasteiger partial charge is 0.338 e. The third-order valence-corrected chi connectivity index (χ3v) is 8.49. The minimum Gasteiger partial charge on any atom is -0.497 e. The molecule has 0 aliphatic heterocycles. The molecule has 2 aliphatic rings. The highest BCUT2D eigenvalue weighted by atomic mass is 16.5. The lowest BCUT2D eigenvalue weighted by molar-refractivity contribution is -0.153. The number of carbonyl (C=O) groups excluding carboxylic acids is 1. The predicted molar refractivity (Wildman–Crippen MR) is 127 cm³/mol. The van der Waals surface area contributed by atoms with Crippen LogP contribution >= 0.6 is 0 Å². The number of methoxy groups -OCH3 is 1. The number of rotatable bonds is 7. The number of fused-ring (bicyclic) bond motifs is 1. The fourth-order valence-corrected chi connectivity index (χ4v) is 6.49. The van der Waals surface area contributed by atoms with Gasteiger partial charge in [-0.25, -0.2) is 4.79 Å². The summed E-state index contributed by atoms with van der Waals surface area (Å²) in [6.45, 7) is 9.11. The van der Waals surface area contributed by atoms with E-state index < -0.39 is 11.5 Å². The van der Waals surface area contributed by atoms with Crippen LogP contribution in [0, 0.1) is 22.7 Å². The first-order chi connectivity index (χ1) is 15.8. The Morgan fingerprint density at radius 2 is 1.97 bits per heavy atom. The molecule has 5 atom stereocenters. The SMILES string of the molecule is C=C1CC[C@@H]2[C@](C)(COC(=O)c3ccc(OC)cc3)[C@H](O)CC[C@@]2(C)[C@@H]1CCc1ccoc1. The first-order valence-corrected chi connectivity index (χ1v) is 12.0. The maximum atomic E-state index is 12.8. The van der Waals surface area contributed by atoms with Gasteiger partial charge in [0.25, 0.3) is 0 Å². The van der Waals surface area contributed by atoms with E-state index in [1.165, 1.54) is 11.1 Å². The topological polar surface area (TPSA) is 68.9 Å². The summed E-state index contributed by atoms with van der Waals surface area (Å²) in [5, 5.41) is 11.1. The normalized spacial score (nSPS) is 31.6. The largest absolute Gasteiger partial charge is 0.497 e. The van der Waals surface area contributed by atoms with Crippen LogP contribution in [0.2, 0.25) is 0 Å². The van der Waals surface area contributed by atoms with E-state index in [4.69, 9.17) is 13.9 Å². The second kappa shape index (κ2) is 9.38. The van der Waals surface area contributed by atoms with Crippen LogP contribution < -0.4 is 4.74 Å².